The number of nitrogens with one attached hydrogen (secondary N) is 1. The topological polar surface area (TPSA) is 38.3 Å². The van der Waals surface area contributed by atoms with Crippen LogP contribution in [0.25, 0.3) is 0 Å². The maximum Gasteiger partial charge on any atom is 0.412 e. The van der Waals surface area contributed by atoms with Crippen LogP contribution in [-0.2, 0) is 4.74 Å². The molecule has 1 rings (SSSR count). The molecule has 1 N–H and O–H groups in total. The zero-order chi connectivity index (χ0) is 11.4. The van der Waals surface area contributed by atoms with E-state index in [4.69, 9.17) is 11.6 Å². The van der Waals surface area contributed by atoms with Gasteiger partial charge in [-0.2, -0.15) is 0 Å². The number of anilines is 1. The van der Waals surface area contributed by atoms with E-state index in [-0.39, 0.29) is 16.2 Å². The number of hydrogen-bond donors (Lipinski definition) is 1. The Balaban J connectivity index is 2.86. The smallest absolute Gasteiger partial charge is 0.412 e. The Morgan fingerprint density at radius 1 is 1.47 bits per heavy atom. The van der Waals surface area contributed by atoms with Crippen molar-refractivity contribution in [3.05, 3.63) is 28.2 Å². The van der Waals surface area contributed by atoms with Gasteiger partial charge in [0.25, 0.3) is 0 Å². The molecule has 0 heterocycles. The van der Waals surface area contributed by atoms with E-state index < -0.39 is 17.7 Å². The van der Waals surface area contributed by atoms with E-state index in [2.05, 4.69) is 20.7 Å². The Hall–Kier alpha value is -0.880. The fourth-order valence-corrected chi connectivity index (χ4v) is 1.23. The fourth-order valence-electron chi connectivity index (χ4n) is 0.814. The molecule has 0 spiro atoms. The van der Waals surface area contributed by atoms with Crippen molar-refractivity contribution in [3.63, 3.8) is 0 Å². The monoisotopic (exact) mass is 299 g/mol. The lowest BCUT2D eigenvalue weighted by molar-refractivity contribution is 0.180. The van der Waals surface area contributed by atoms with E-state index in [0.717, 1.165) is 12.1 Å². The summed E-state index contributed by atoms with van der Waals surface area (Å²) in [6, 6.07) is 1.35. The second-order valence-electron chi connectivity index (χ2n) is 2.41. The van der Waals surface area contributed by atoms with Gasteiger partial charge in [-0.1, -0.05) is 11.6 Å². The number of ether oxygens (including phenoxy) is 1. The first kappa shape index (κ1) is 12.2. The van der Waals surface area contributed by atoms with Gasteiger partial charge >= 0.3 is 6.09 Å². The van der Waals surface area contributed by atoms with Crippen molar-refractivity contribution in [2.75, 3.05) is 11.4 Å². The van der Waals surface area contributed by atoms with Gasteiger partial charge in [0.05, 0.1) is 10.2 Å². The molecule has 0 aliphatic heterocycles. The van der Waals surface area contributed by atoms with Crippen molar-refractivity contribution in [2.24, 2.45) is 0 Å². The van der Waals surface area contributed by atoms with Crippen LogP contribution in [0, 0.1) is 11.6 Å². The first-order valence-electron chi connectivity index (χ1n) is 3.69. The second kappa shape index (κ2) is 5.27. The summed E-state index contributed by atoms with van der Waals surface area (Å²) in [5.74, 6) is -1.48. The summed E-state index contributed by atoms with van der Waals surface area (Å²) >= 11 is 7.90. The van der Waals surface area contributed by atoms with Crippen molar-refractivity contribution < 1.29 is 18.3 Å². The van der Waals surface area contributed by atoms with Crippen LogP contribution in [0.4, 0.5) is 19.3 Å². The molecule has 1 aromatic rings. The molecule has 0 aliphatic carbocycles. The molecule has 0 atom stereocenters. The lowest BCUT2D eigenvalue weighted by Crippen LogP contribution is -2.14. The second-order valence-corrected chi connectivity index (χ2v) is 3.48. The number of halogens is 4. The minimum Gasteiger partial charge on any atom is -0.433 e. The Bertz CT molecular complexity index is 389. The minimum absolute atomic E-state index is 0.0312. The molecule has 82 valence electrons. The highest BCUT2D eigenvalue weighted by molar-refractivity contribution is 9.10. The summed E-state index contributed by atoms with van der Waals surface area (Å²) < 4.78 is 30.3. The van der Waals surface area contributed by atoms with E-state index in [0.29, 0.717) is 0 Å². The Labute approximate surface area is 97.5 Å². The first-order valence-corrected chi connectivity index (χ1v) is 5.01. The highest BCUT2D eigenvalue weighted by Crippen LogP contribution is 2.23. The van der Waals surface area contributed by atoms with Gasteiger partial charge in [0, 0.05) is 6.07 Å². The van der Waals surface area contributed by atoms with Crippen LogP contribution < -0.4 is 5.32 Å². The standard InChI is InChI=1S/C8H5BrClF2NO2/c9-4-1-6(12)7(2-5(4)11)13-8(14)15-3-10/h1-2H,3H2,(H,13,14). The zero-order valence-electron chi connectivity index (χ0n) is 7.19. The number of carbonyl (C=O) groups excluding carboxylic acids is 1. The van der Waals surface area contributed by atoms with Crippen LogP contribution in [0.5, 0.6) is 0 Å². The third-order valence-electron chi connectivity index (χ3n) is 1.43. The van der Waals surface area contributed by atoms with E-state index in [9.17, 15) is 13.6 Å². The SMILES string of the molecule is O=C(Nc1cc(F)c(Br)cc1F)OCCl. The van der Waals surface area contributed by atoms with E-state index in [1.54, 1.807) is 0 Å². The van der Waals surface area contributed by atoms with Gasteiger partial charge in [-0.25, -0.2) is 13.6 Å². The van der Waals surface area contributed by atoms with Gasteiger partial charge in [-0.3, -0.25) is 5.32 Å². The van der Waals surface area contributed by atoms with Crippen molar-refractivity contribution in [2.45, 2.75) is 0 Å². The molecule has 1 aromatic carbocycles. The fraction of sp³-hybridized carbons (Fsp3) is 0.125. The molecule has 7 heteroatoms. The maximum atomic E-state index is 13.1. The molecule has 0 fully saturated rings. The van der Waals surface area contributed by atoms with Crippen molar-refractivity contribution in [1.29, 1.82) is 0 Å². The van der Waals surface area contributed by atoms with Crippen LogP contribution in [0.1, 0.15) is 0 Å². The van der Waals surface area contributed by atoms with E-state index >= 15 is 0 Å². The predicted molar refractivity (Wildman–Crippen MR) is 54.9 cm³/mol. The summed E-state index contributed by atoms with van der Waals surface area (Å²) in [6.45, 7) is 0. The first-order chi connectivity index (χ1) is 7.04. The molecule has 15 heavy (non-hydrogen) atoms. The van der Waals surface area contributed by atoms with Crippen molar-refractivity contribution in [3.8, 4) is 0 Å². The van der Waals surface area contributed by atoms with Gasteiger partial charge in [0.2, 0.25) is 0 Å². The largest absolute Gasteiger partial charge is 0.433 e. The summed E-state index contributed by atoms with van der Waals surface area (Å²) in [4.78, 5) is 10.8. The van der Waals surface area contributed by atoms with Crippen molar-refractivity contribution >= 4 is 39.3 Å². The van der Waals surface area contributed by atoms with Crippen molar-refractivity contribution in [1.82, 2.24) is 0 Å². The third-order valence-corrected chi connectivity index (χ3v) is 2.15. The summed E-state index contributed by atoms with van der Waals surface area (Å²) in [5, 5.41) is 2.00. The average molecular weight is 300 g/mol. The number of alkyl halides is 1. The minimum atomic E-state index is -0.953. The molecule has 0 unspecified atom stereocenters. The number of amides is 1. The van der Waals surface area contributed by atoms with Gasteiger partial charge in [0.1, 0.15) is 11.6 Å². The summed E-state index contributed by atoms with van der Waals surface area (Å²) in [5.41, 5.74) is -0.314. The van der Waals surface area contributed by atoms with E-state index in [1.807, 2.05) is 5.32 Å². The summed E-state index contributed by atoms with van der Waals surface area (Å²) in [7, 11) is 0. The van der Waals surface area contributed by atoms with Gasteiger partial charge in [-0.15, -0.1) is 0 Å². The quantitative estimate of drug-likeness (QED) is 0.671. The molecular weight excluding hydrogens is 295 g/mol. The maximum absolute atomic E-state index is 13.1. The lowest BCUT2D eigenvalue weighted by Gasteiger charge is -2.06. The predicted octanol–water partition coefficient (Wildman–Crippen LogP) is 3.47. The number of rotatable bonds is 2. The van der Waals surface area contributed by atoms with Gasteiger partial charge in [-0.05, 0) is 22.0 Å². The molecule has 0 aliphatic rings. The highest BCUT2D eigenvalue weighted by Gasteiger charge is 2.11. The molecule has 0 bridgehead atoms. The van der Waals surface area contributed by atoms with Gasteiger partial charge in [0.15, 0.2) is 6.07 Å². The molecular formula is C8H5BrClF2NO2. The van der Waals surface area contributed by atoms with Gasteiger partial charge < -0.3 is 4.74 Å². The number of benzene rings is 1. The summed E-state index contributed by atoms with van der Waals surface area (Å²) in [6.07, 6.45) is -0.953. The van der Waals surface area contributed by atoms with Crippen LogP contribution in [0.3, 0.4) is 0 Å². The number of carbonyl (C=O) groups is 1. The molecule has 0 saturated heterocycles. The highest BCUT2D eigenvalue weighted by atomic mass is 79.9. The average Bonchev–Trinajstić information content (AvgIpc) is 2.14. The Kier molecular flexibility index (Phi) is 4.28. The molecule has 0 radical (unpaired) electrons. The molecule has 0 aromatic heterocycles. The van der Waals surface area contributed by atoms with E-state index in [1.165, 1.54) is 0 Å². The number of hydrogen-bond acceptors (Lipinski definition) is 2. The lowest BCUT2D eigenvalue weighted by atomic mass is 10.3. The van der Waals surface area contributed by atoms with Crippen LogP contribution in [0.2, 0.25) is 0 Å². The van der Waals surface area contributed by atoms with Crippen LogP contribution in [-0.4, -0.2) is 12.2 Å². The zero-order valence-corrected chi connectivity index (χ0v) is 9.53. The molecule has 3 nitrogen and oxygen atoms in total. The third kappa shape index (κ3) is 3.32. The van der Waals surface area contributed by atoms with Crippen LogP contribution in [0.15, 0.2) is 16.6 Å². The molecule has 1 amide bonds. The normalized spacial score (nSPS) is 9.87. The molecule has 0 saturated carbocycles. The Morgan fingerprint density at radius 2 is 2.13 bits per heavy atom. The Morgan fingerprint density at radius 3 is 2.73 bits per heavy atom. The van der Waals surface area contributed by atoms with Crippen LogP contribution >= 0.6 is 27.5 Å².